The van der Waals surface area contributed by atoms with Crippen molar-refractivity contribution in [2.75, 3.05) is 13.2 Å². The molecule has 1 amide bonds. The highest BCUT2D eigenvalue weighted by molar-refractivity contribution is 5.82. The van der Waals surface area contributed by atoms with Gasteiger partial charge >= 0.3 is 0 Å². The molecule has 1 aliphatic rings. The minimum absolute atomic E-state index is 0.0596. The van der Waals surface area contributed by atoms with E-state index in [-0.39, 0.29) is 24.1 Å². The van der Waals surface area contributed by atoms with Gasteiger partial charge in [0.05, 0.1) is 17.1 Å². The number of fused-ring (bicyclic) bond motifs is 4. The van der Waals surface area contributed by atoms with Gasteiger partial charge in [-0.05, 0) is 48.9 Å². The number of carbonyl (C=O) groups excluding carboxylic acids is 1. The summed E-state index contributed by atoms with van der Waals surface area (Å²) in [6.45, 7) is 2.89. The van der Waals surface area contributed by atoms with E-state index >= 15 is 0 Å². The number of carbonyl (C=O) groups is 1. The van der Waals surface area contributed by atoms with E-state index in [0.717, 1.165) is 11.1 Å². The Bertz CT molecular complexity index is 1320. The third-order valence-corrected chi connectivity index (χ3v) is 5.39. The normalized spacial score (nSPS) is 14.0. The van der Waals surface area contributed by atoms with E-state index < -0.39 is 0 Å². The lowest BCUT2D eigenvalue weighted by Crippen LogP contribution is -2.34. The Balaban J connectivity index is 1.42. The van der Waals surface area contributed by atoms with Crippen molar-refractivity contribution in [2.45, 2.75) is 19.5 Å². The van der Waals surface area contributed by atoms with Crippen molar-refractivity contribution < 1.29 is 14.3 Å². The predicted octanol–water partition coefficient (Wildman–Crippen LogP) is 2.90. The Morgan fingerprint density at radius 3 is 2.57 bits per heavy atom. The van der Waals surface area contributed by atoms with E-state index in [1.54, 1.807) is 6.07 Å². The lowest BCUT2D eigenvalue weighted by atomic mass is 10.1. The predicted molar refractivity (Wildman–Crippen MR) is 113 cm³/mol. The van der Waals surface area contributed by atoms with Crippen LogP contribution < -0.4 is 20.3 Å². The Morgan fingerprint density at radius 1 is 1.00 bits per heavy atom. The molecule has 0 radical (unpaired) electrons. The van der Waals surface area contributed by atoms with Crippen LogP contribution in [0.1, 0.15) is 18.5 Å². The Morgan fingerprint density at radius 2 is 1.73 bits per heavy atom. The molecule has 5 rings (SSSR count). The van der Waals surface area contributed by atoms with Crippen molar-refractivity contribution in [3.8, 4) is 11.5 Å². The zero-order chi connectivity index (χ0) is 20.7. The molecule has 0 saturated heterocycles. The maximum atomic E-state index is 13.0. The fraction of sp³-hybridized carbons (Fsp3) is 0.217. The summed E-state index contributed by atoms with van der Waals surface area (Å²) in [6.07, 6.45) is 1.85. The summed E-state index contributed by atoms with van der Waals surface area (Å²) in [5, 5.41) is 2.98. The molecular formula is C23H21N3O4. The first-order valence-corrected chi connectivity index (χ1v) is 9.89. The molecule has 0 fully saturated rings. The first-order valence-electron chi connectivity index (χ1n) is 9.89. The molecule has 152 valence electrons. The van der Waals surface area contributed by atoms with Gasteiger partial charge in [-0.3, -0.25) is 14.2 Å². The van der Waals surface area contributed by atoms with Gasteiger partial charge < -0.3 is 19.2 Å². The smallest absolute Gasteiger partial charge is 0.275 e. The lowest BCUT2D eigenvalue weighted by molar-refractivity contribution is -0.122. The molecule has 1 N–H and O–H groups in total. The van der Waals surface area contributed by atoms with Crippen molar-refractivity contribution in [1.82, 2.24) is 14.3 Å². The molecule has 30 heavy (non-hydrogen) atoms. The highest BCUT2D eigenvalue weighted by Crippen LogP contribution is 2.32. The number of aromatic nitrogens is 2. The number of amides is 1. The number of hydrogen-bond acceptors (Lipinski definition) is 4. The van der Waals surface area contributed by atoms with Crippen LogP contribution in [0.2, 0.25) is 0 Å². The van der Waals surface area contributed by atoms with E-state index in [1.807, 2.05) is 66.1 Å². The number of nitrogens with one attached hydrogen (secondary N) is 1. The second-order valence-corrected chi connectivity index (χ2v) is 7.34. The van der Waals surface area contributed by atoms with Crippen LogP contribution in [0.25, 0.3) is 16.6 Å². The molecule has 1 atom stereocenters. The van der Waals surface area contributed by atoms with E-state index in [2.05, 4.69) is 5.32 Å². The minimum Gasteiger partial charge on any atom is -0.486 e. The molecule has 0 unspecified atom stereocenters. The standard InChI is InChI=1S/C23H21N3O4/c1-15(16-8-9-20-21(13-16)30-12-11-29-20)24-22(27)14-26-18-6-3-2-5-17(18)25-10-4-7-19(25)23(26)28/h2-10,13,15H,11-12,14H2,1H3,(H,24,27)/t15-/m1/s1. The quantitative estimate of drug-likeness (QED) is 0.569. The highest BCUT2D eigenvalue weighted by atomic mass is 16.6. The molecule has 1 aliphatic heterocycles. The molecule has 4 aromatic rings. The van der Waals surface area contributed by atoms with Crippen molar-refractivity contribution in [1.29, 1.82) is 0 Å². The third-order valence-electron chi connectivity index (χ3n) is 5.39. The van der Waals surface area contributed by atoms with E-state index in [0.29, 0.717) is 35.7 Å². The summed E-state index contributed by atoms with van der Waals surface area (Å²) in [4.78, 5) is 25.8. The lowest BCUT2D eigenvalue weighted by Gasteiger charge is -2.21. The average Bonchev–Trinajstić information content (AvgIpc) is 3.27. The molecule has 2 aromatic heterocycles. The Kier molecular flexibility index (Phi) is 4.43. The van der Waals surface area contributed by atoms with E-state index in [9.17, 15) is 9.59 Å². The van der Waals surface area contributed by atoms with Gasteiger partial charge in [-0.15, -0.1) is 0 Å². The summed E-state index contributed by atoms with van der Waals surface area (Å²) in [5.41, 5.74) is 2.85. The van der Waals surface area contributed by atoms with Crippen LogP contribution in [0.5, 0.6) is 11.5 Å². The van der Waals surface area contributed by atoms with E-state index in [1.165, 1.54) is 4.57 Å². The largest absolute Gasteiger partial charge is 0.486 e. The van der Waals surface area contributed by atoms with E-state index in [4.69, 9.17) is 9.47 Å². The van der Waals surface area contributed by atoms with Crippen LogP contribution in [0.15, 0.2) is 65.6 Å². The van der Waals surface area contributed by atoms with Crippen molar-refractivity contribution in [3.05, 3.63) is 76.7 Å². The van der Waals surface area contributed by atoms with Crippen LogP contribution in [0, 0.1) is 0 Å². The molecule has 7 nitrogen and oxygen atoms in total. The topological polar surface area (TPSA) is 74.0 Å². The van der Waals surface area contributed by atoms with Gasteiger partial charge in [0, 0.05) is 6.20 Å². The van der Waals surface area contributed by atoms with Crippen molar-refractivity contribution in [3.63, 3.8) is 0 Å². The number of hydrogen-bond donors (Lipinski definition) is 1. The summed E-state index contributed by atoms with van der Waals surface area (Å²) < 4.78 is 14.6. The Hall–Kier alpha value is -3.74. The zero-order valence-electron chi connectivity index (χ0n) is 16.5. The number of nitrogens with zero attached hydrogens (tertiary/aromatic N) is 2. The highest BCUT2D eigenvalue weighted by Gasteiger charge is 2.17. The summed E-state index contributed by atoms with van der Waals surface area (Å²) in [5.74, 6) is 1.16. The average molecular weight is 403 g/mol. The van der Waals surface area contributed by atoms with Crippen molar-refractivity contribution in [2.24, 2.45) is 0 Å². The SMILES string of the molecule is C[C@@H](NC(=O)Cn1c(=O)c2cccn2c2ccccc21)c1ccc2c(c1)OCCO2. The van der Waals surface area contributed by atoms with Gasteiger partial charge in [0.15, 0.2) is 11.5 Å². The molecule has 2 aromatic carbocycles. The van der Waals surface area contributed by atoms with Crippen LogP contribution >= 0.6 is 0 Å². The van der Waals surface area contributed by atoms with Gasteiger partial charge in [0.1, 0.15) is 25.3 Å². The fourth-order valence-corrected chi connectivity index (χ4v) is 3.91. The first kappa shape index (κ1) is 18.3. The van der Waals surface area contributed by atoms with Gasteiger partial charge in [-0.2, -0.15) is 0 Å². The first-order chi connectivity index (χ1) is 14.6. The second-order valence-electron chi connectivity index (χ2n) is 7.34. The summed E-state index contributed by atoms with van der Waals surface area (Å²) in [6, 6.07) is 16.6. The monoisotopic (exact) mass is 403 g/mol. The maximum Gasteiger partial charge on any atom is 0.275 e. The zero-order valence-corrected chi connectivity index (χ0v) is 16.5. The minimum atomic E-state index is -0.243. The number of ether oxygens (including phenoxy) is 2. The van der Waals surface area contributed by atoms with Gasteiger partial charge in [0.2, 0.25) is 5.91 Å². The number of benzene rings is 2. The number of para-hydroxylation sites is 2. The fourth-order valence-electron chi connectivity index (χ4n) is 3.91. The Labute approximate surface area is 172 Å². The molecule has 0 spiro atoms. The van der Waals surface area contributed by atoms with Gasteiger partial charge in [0.25, 0.3) is 5.56 Å². The molecule has 0 aliphatic carbocycles. The van der Waals surface area contributed by atoms with Gasteiger partial charge in [-0.25, -0.2) is 0 Å². The number of rotatable bonds is 4. The summed E-state index contributed by atoms with van der Waals surface area (Å²) >= 11 is 0. The maximum absolute atomic E-state index is 13.0. The molecule has 7 heteroatoms. The molecule has 3 heterocycles. The second kappa shape index (κ2) is 7.26. The van der Waals surface area contributed by atoms with Crippen LogP contribution in [-0.2, 0) is 11.3 Å². The molecular weight excluding hydrogens is 382 g/mol. The van der Waals surface area contributed by atoms with Gasteiger partial charge in [-0.1, -0.05) is 18.2 Å². The molecule has 0 bridgehead atoms. The van der Waals surface area contributed by atoms with Crippen LogP contribution in [0.4, 0.5) is 0 Å². The van der Waals surface area contributed by atoms with Crippen molar-refractivity contribution >= 4 is 22.5 Å². The van der Waals surface area contributed by atoms with Crippen LogP contribution in [-0.4, -0.2) is 28.1 Å². The van der Waals surface area contributed by atoms with Crippen LogP contribution in [0.3, 0.4) is 0 Å². The molecule has 0 saturated carbocycles. The summed E-state index contributed by atoms with van der Waals surface area (Å²) in [7, 11) is 0. The third kappa shape index (κ3) is 3.08.